The van der Waals surface area contributed by atoms with Crippen LogP contribution in [0.2, 0.25) is 0 Å². The normalized spacial score (nSPS) is 20.5. The van der Waals surface area contributed by atoms with Crippen molar-refractivity contribution >= 4 is 51.2 Å². The number of rotatable bonds is 7. The number of fused-ring (bicyclic) bond motifs is 2. The Bertz CT molecular complexity index is 1330. The molecule has 180 valence electrons. The van der Waals surface area contributed by atoms with Crippen LogP contribution in [0.4, 0.5) is 0 Å². The number of amides is 1. The molecule has 6 rings (SSSR count). The second-order valence-corrected chi connectivity index (χ2v) is 10.3. The molecule has 35 heavy (non-hydrogen) atoms. The molecule has 0 N–H and O–H groups in total. The Balaban J connectivity index is 1.19. The molecule has 3 aliphatic heterocycles. The number of benzene rings is 2. The van der Waals surface area contributed by atoms with E-state index in [1.165, 1.54) is 11.8 Å². The second-order valence-electron chi connectivity index (χ2n) is 8.59. The van der Waals surface area contributed by atoms with Crippen LogP contribution in [0.25, 0.3) is 17.0 Å². The van der Waals surface area contributed by atoms with E-state index >= 15 is 0 Å². The van der Waals surface area contributed by atoms with Gasteiger partial charge in [-0.05, 0) is 37.1 Å². The van der Waals surface area contributed by atoms with E-state index in [4.69, 9.17) is 31.2 Å². The topological polar surface area (TPSA) is 62.2 Å². The molecule has 0 radical (unpaired) electrons. The van der Waals surface area contributed by atoms with E-state index in [0.29, 0.717) is 34.7 Å². The van der Waals surface area contributed by atoms with Crippen molar-refractivity contribution in [3.63, 3.8) is 0 Å². The summed E-state index contributed by atoms with van der Waals surface area (Å²) in [6, 6.07) is 13.8. The standard InChI is InChI=1S/C26H24N2O5S2/c29-25-24(35-26(34)28(25)15-19-4-3-10-30-19)12-17-14-27(21-6-2-1-5-20(17)21)9-11-31-18-7-8-22-23(13-18)33-16-32-22/h1-2,5-8,12-14,19H,3-4,9-11,15-16H2/b24-12-/t19-/m0/s1. The number of ether oxygens (including phenoxy) is 4. The molecule has 1 atom stereocenters. The van der Waals surface area contributed by atoms with Gasteiger partial charge >= 0.3 is 0 Å². The quantitative estimate of drug-likeness (QED) is 0.335. The van der Waals surface area contributed by atoms with Crippen molar-refractivity contribution < 1.29 is 23.7 Å². The number of hydrogen-bond donors (Lipinski definition) is 0. The summed E-state index contributed by atoms with van der Waals surface area (Å²) in [6.07, 6.45) is 6.10. The van der Waals surface area contributed by atoms with Crippen molar-refractivity contribution in [2.45, 2.75) is 25.5 Å². The third-order valence-electron chi connectivity index (χ3n) is 6.33. The van der Waals surface area contributed by atoms with Gasteiger partial charge in [-0.15, -0.1) is 0 Å². The molecule has 0 unspecified atom stereocenters. The zero-order valence-electron chi connectivity index (χ0n) is 19.0. The summed E-state index contributed by atoms with van der Waals surface area (Å²) < 4.78 is 25.2. The first kappa shape index (κ1) is 22.5. The summed E-state index contributed by atoms with van der Waals surface area (Å²) >= 11 is 6.87. The third-order valence-corrected chi connectivity index (χ3v) is 7.71. The molecule has 0 bridgehead atoms. The Labute approximate surface area is 212 Å². The smallest absolute Gasteiger partial charge is 0.266 e. The van der Waals surface area contributed by atoms with E-state index in [2.05, 4.69) is 22.9 Å². The van der Waals surface area contributed by atoms with Gasteiger partial charge in [0.2, 0.25) is 6.79 Å². The minimum Gasteiger partial charge on any atom is -0.492 e. The molecular weight excluding hydrogens is 484 g/mol. The number of para-hydroxylation sites is 1. The van der Waals surface area contributed by atoms with Gasteiger partial charge in [0.05, 0.1) is 24.1 Å². The molecule has 0 aliphatic carbocycles. The van der Waals surface area contributed by atoms with Crippen LogP contribution in [-0.4, -0.2) is 52.4 Å². The number of thioether (sulfide) groups is 1. The van der Waals surface area contributed by atoms with E-state index < -0.39 is 0 Å². The zero-order valence-corrected chi connectivity index (χ0v) is 20.6. The fraction of sp³-hybridized carbons (Fsp3) is 0.308. The van der Waals surface area contributed by atoms with Gasteiger partial charge in [0.25, 0.3) is 5.91 Å². The Morgan fingerprint density at radius 2 is 2.06 bits per heavy atom. The summed E-state index contributed by atoms with van der Waals surface area (Å²) in [5.41, 5.74) is 2.07. The van der Waals surface area contributed by atoms with Crippen LogP contribution in [-0.2, 0) is 16.1 Å². The number of carbonyl (C=O) groups excluding carboxylic acids is 1. The van der Waals surface area contributed by atoms with E-state index in [1.807, 2.05) is 36.4 Å². The van der Waals surface area contributed by atoms with Crippen molar-refractivity contribution in [2.75, 3.05) is 26.6 Å². The lowest BCUT2D eigenvalue weighted by Gasteiger charge is -2.18. The van der Waals surface area contributed by atoms with E-state index in [-0.39, 0.29) is 18.8 Å². The summed E-state index contributed by atoms with van der Waals surface area (Å²) in [7, 11) is 0. The number of carbonyl (C=O) groups is 1. The van der Waals surface area contributed by atoms with E-state index in [1.54, 1.807) is 4.90 Å². The predicted octanol–water partition coefficient (Wildman–Crippen LogP) is 4.83. The molecule has 9 heteroatoms. The maximum atomic E-state index is 13.1. The van der Waals surface area contributed by atoms with Crippen LogP contribution in [0, 0.1) is 0 Å². The number of hydrogen-bond acceptors (Lipinski definition) is 7. The number of thiocarbonyl (C=S) groups is 1. The van der Waals surface area contributed by atoms with Crippen LogP contribution in [0.15, 0.2) is 53.6 Å². The van der Waals surface area contributed by atoms with Crippen molar-refractivity contribution in [3.8, 4) is 17.2 Å². The minimum atomic E-state index is -0.0431. The summed E-state index contributed by atoms with van der Waals surface area (Å²) in [6.45, 7) is 2.67. The largest absolute Gasteiger partial charge is 0.492 e. The first-order valence-corrected chi connectivity index (χ1v) is 12.9. The molecule has 4 heterocycles. The van der Waals surface area contributed by atoms with Crippen LogP contribution in [0.1, 0.15) is 18.4 Å². The van der Waals surface area contributed by atoms with Crippen molar-refractivity contribution in [2.24, 2.45) is 0 Å². The Hall–Kier alpha value is -3.01. The molecule has 0 saturated carbocycles. The number of aromatic nitrogens is 1. The van der Waals surface area contributed by atoms with Crippen LogP contribution >= 0.6 is 24.0 Å². The molecular formula is C26H24N2O5S2. The van der Waals surface area contributed by atoms with Crippen LogP contribution < -0.4 is 14.2 Å². The van der Waals surface area contributed by atoms with E-state index in [0.717, 1.165) is 47.4 Å². The van der Waals surface area contributed by atoms with Gasteiger partial charge in [0, 0.05) is 35.3 Å². The third kappa shape index (κ3) is 4.51. The minimum absolute atomic E-state index is 0.0431. The zero-order chi connectivity index (χ0) is 23.8. The Morgan fingerprint density at radius 3 is 2.94 bits per heavy atom. The van der Waals surface area contributed by atoms with Gasteiger partial charge in [0.1, 0.15) is 16.7 Å². The fourth-order valence-corrected chi connectivity index (χ4v) is 5.86. The highest BCUT2D eigenvalue weighted by Crippen LogP contribution is 2.36. The van der Waals surface area contributed by atoms with Gasteiger partial charge in [-0.1, -0.05) is 42.2 Å². The lowest BCUT2D eigenvalue weighted by Crippen LogP contribution is -2.35. The first-order valence-electron chi connectivity index (χ1n) is 11.6. The molecule has 3 aromatic rings. The Morgan fingerprint density at radius 1 is 1.17 bits per heavy atom. The van der Waals surface area contributed by atoms with Crippen molar-refractivity contribution in [1.82, 2.24) is 9.47 Å². The predicted molar refractivity (Wildman–Crippen MR) is 139 cm³/mol. The molecule has 3 aliphatic rings. The lowest BCUT2D eigenvalue weighted by atomic mass is 10.1. The summed E-state index contributed by atoms with van der Waals surface area (Å²) in [5, 5.41) is 1.08. The highest BCUT2D eigenvalue weighted by Gasteiger charge is 2.34. The maximum absolute atomic E-state index is 13.1. The highest BCUT2D eigenvalue weighted by atomic mass is 32.2. The maximum Gasteiger partial charge on any atom is 0.266 e. The van der Waals surface area contributed by atoms with E-state index in [9.17, 15) is 4.79 Å². The average Bonchev–Trinajstić information content (AvgIpc) is 3.65. The fourth-order valence-electron chi connectivity index (χ4n) is 4.59. The van der Waals surface area contributed by atoms with Crippen molar-refractivity contribution in [3.05, 3.63) is 59.1 Å². The molecule has 1 amide bonds. The highest BCUT2D eigenvalue weighted by molar-refractivity contribution is 8.26. The first-order chi connectivity index (χ1) is 17.2. The molecule has 0 spiro atoms. The van der Waals surface area contributed by atoms with Gasteiger partial charge in [-0.2, -0.15) is 0 Å². The van der Waals surface area contributed by atoms with Gasteiger partial charge in [-0.25, -0.2) is 0 Å². The van der Waals surface area contributed by atoms with Crippen molar-refractivity contribution in [1.29, 1.82) is 0 Å². The molecule has 2 saturated heterocycles. The monoisotopic (exact) mass is 508 g/mol. The molecule has 2 fully saturated rings. The van der Waals surface area contributed by atoms with Crippen LogP contribution in [0.5, 0.6) is 17.2 Å². The SMILES string of the molecule is O=C1/C(=C/c2cn(CCOc3ccc4c(c3)OCO4)c3ccccc23)SC(=S)N1C[C@@H]1CCCO1. The van der Waals surface area contributed by atoms with Gasteiger partial charge in [0.15, 0.2) is 11.5 Å². The number of nitrogens with zero attached hydrogens (tertiary/aromatic N) is 2. The molecule has 1 aromatic heterocycles. The lowest BCUT2D eigenvalue weighted by molar-refractivity contribution is -0.123. The molecule has 2 aromatic carbocycles. The summed E-state index contributed by atoms with van der Waals surface area (Å²) in [5.74, 6) is 2.13. The Kier molecular flexibility index (Phi) is 6.13. The second kappa shape index (κ2) is 9.56. The summed E-state index contributed by atoms with van der Waals surface area (Å²) in [4.78, 5) is 15.4. The average molecular weight is 509 g/mol. The van der Waals surface area contributed by atoms with Crippen LogP contribution in [0.3, 0.4) is 0 Å². The van der Waals surface area contributed by atoms with Gasteiger partial charge in [-0.3, -0.25) is 9.69 Å². The molecule has 7 nitrogen and oxygen atoms in total. The van der Waals surface area contributed by atoms with Gasteiger partial charge < -0.3 is 23.5 Å².